The van der Waals surface area contributed by atoms with E-state index < -0.39 is 0 Å². The van der Waals surface area contributed by atoms with Crippen molar-refractivity contribution in [1.82, 2.24) is 15.0 Å². The second-order valence-electron chi connectivity index (χ2n) is 4.66. The van der Waals surface area contributed by atoms with Gasteiger partial charge in [0, 0.05) is 11.2 Å². The summed E-state index contributed by atoms with van der Waals surface area (Å²) in [6, 6.07) is 7.10. The van der Waals surface area contributed by atoms with Crippen LogP contribution in [0.1, 0.15) is 10.7 Å². The lowest BCUT2D eigenvalue weighted by Crippen LogP contribution is -1.98. The molecule has 0 saturated heterocycles. The van der Waals surface area contributed by atoms with Crippen LogP contribution in [-0.4, -0.2) is 15.0 Å². The molecule has 0 amide bonds. The lowest BCUT2D eigenvalue weighted by Gasteiger charge is -2.08. The van der Waals surface area contributed by atoms with E-state index in [1.807, 2.05) is 19.9 Å². The quantitative estimate of drug-likeness (QED) is 0.699. The number of nitrogens with one attached hydrogen (secondary N) is 1. The summed E-state index contributed by atoms with van der Waals surface area (Å²) >= 11 is 13.7. The second kappa shape index (κ2) is 6.20. The van der Waals surface area contributed by atoms with E-state index in [9.17, 15) is 0 Å². The van der Waals surface area contributed by atoms with E-state index in [0.29, 0.717) is 21.7 Å². The lowest BCUT2D eigenvalue weighted by molar-refractivity contribution is 1.16. The molecule has 0 unspecified atom stereocenters. The molecule has 0 spiro atoms. The van der Waals surface area contributed by atoms with Gasteiger partial charge in [-0.15, -0.1) is 11.3 Å². The van der Waals surface area contributed by atoms with Crippen molar-refractivity contribution in [1.29, 1.82) is 0 Å². The van der Waals surface area contributed by atoms with Crippen LogP contribution in [0.5, 0.6) is 0 Å². The number of anilines is 2. The number of aromatic nitrogens is 3. The zero-order valence-electron chi connectivity index (χ0n) is 11.9. The van der Waals surface area contributed by atoms with Crippen LogP contribution in [0.4, 0.5) is 11.6 Å². The Kier molecular flexibility index (Phi) is 4.29. The number of halogens is 2. The van der Waals surface area contributed by atoms with Crippen LogP contribution in [0.2, 0.25) is 10.0 Å². The Bertz CT molecular complexity index is 832. The molecule has 112 valence electrons. The summed E-state index contributed by atoms with van der Waals surface area (Å²) in [5, 5.41) is 5.23. The average molecular weight is 351 g/mol. The summed E-state index contributed by atoms with van der Waals surface area (Å²) in [6.07, 6.45) is 1.71. The summed E-state index contributed by atoms with van der Waals surface area (Å²) in [5.74, 6) is 0.479. The third kappa shape index (κ3) is 3.21. The standard InChI is InChI=1S/C15H12Cl2N4S/c1-8-14(22-9(2)19-8)13-5-6-18-15(21-13)20-12-4-3-10(16)7-11(12)17/h3-7H,1-2H3,(H,18,20,21). The van der Waals surface area contributed by atoms with Gasteiger partial charge >= 0.3 is 0 Å². The predicted octanol–water partition coefficient (Wildman–Crippen LogP) is 5.27. The number of benzene rings is 1. The summed E-state index contributed by atoms with van der Waals surface area (Å²) in [5.41, 5.74) is 2.52. The fourth-order valence-electron chi connectivity index (χ4n) is 2.03. The molecule has 3 rings (SSSR count). The third-order valence-corrected chi connectivity index (χ3v) is 4.61. The van der Waals surface area contributed by atoms with Crippen LogP contribution in [-0.2, 0) is 0 Å². The number of rotatable bonds is 3. The van der Waals surface area contributed by atoms with Gasteiger partial charge in [0.05, 0.1) is 32.0 Å². The Labute approximate surface area is 142 Å². The molecule has 2 heterocycles. The molecule has 0 radical (unpaired) electrons. The van der Waals surface area contributed by atoms with Crippen LogP contribution in [0.25, 0.3) is 10.6 Å². The molecule has 0 atom stereocenters. The molecule has 1 N–H and O–H groups in total. The van der Waals surface area contributed by atoms with Crippen molar-refractivity contribution in [3.63, 3.8) is 0 Å². The first kappa shape index (κ1) is 15.2. The van der Waals surface area contributed by atoms with Gasteiger partial charge in [0.15, 0.2) is 0 Å². The monoisotopic (exact) mass is 350 g/mol. The summed E-state index contributed by atoms with van der Waals surface area (Å²) in [6.45, 7) is 3.96. The average Bonchev–Trinajstić information content (AvgIpc) is 2.81. The Morgan fingerprint density at radius 2 is 1.91 bits per heavy atom. The van der Waals surface area contributed by atoms with E-state index in [0.717, 1.165) is 21.3 Å². The van der Waals surface area contributed by atoms with Gasteiger partial charge in [-0.05, 0) is 38.1 Å². The normalized spacial score (nSPS) is 10.7. The van der Waals surface area contributed by atoms with Gasteiger partial charge < -0.3 is 5.32 Å². The van der Waals surface area contributed by atoms with Gasteiger partial charge in [0.25, 0.3) is 0 Å². The van der Waals surface area contributed by atoms with Crippen molar-refractivity contribution in [2.24, 2.45) is 0 Å². The van der Waals surface area contributed by atoms with Crippen molar-refractivity contribution in [3.05, 3.63) is 51.2 Å². The Hall–Kier alpha value is -1.69. The molecule has 22 heavy (non-hydrogen) atoms. The van der Waals surface area contributed by atoms with Crippen molar-refractivity contribution in [2.45, 2.75) is 13.8 Å². The van der Waals surface area contributed by atoms with Crippen molar-refractivity contribution in [2.75, 3.05) is 5.32 Å². The topological polar surface area (TPSA) is 50.7 Å². The molecule has 2 aromatic heterocycles. The van der Waals surface area contributed by atoms with Gasteiger partial charge in [-0.2, -0.15) is 0 Å². The molecule has 1 aromatic carbocycles. The molecule has 7 heteroatoms. The molecular formula is C15H12Cl2N4S. The van der Waals surface area contributed by atoms with E-state index in [-0.39, 0.29) is 0 Å². The van der Waals surface area contributed by atoms with Gasteiger partial charge in [-0.25, -0.2) is 15.0 Å². The van der Waals surface area contributed by atoms with Gasteiger partial charge in [0.2, 0.25) is 5.95 Å². The van der Waals surface area contributed by atoms with Crippen LogP contribution < -0.4 is 5.32 Å². The highest BCUT2D eigenvalue weighted by Gasteiger charge is 2.10. The Balaban J connectivity index is 1.93. The Morgan fingerprint density at radius 1 is 1.09 bits per heavy atom. The molecule has 0 aliphatic carbocycles. The first-order valence-electron chi connectivity index (χ1n) is 6.52. The smallest absolute Gasteiger partial charge is 0.227 e. The second-order valence-corrected chi connectivity index (χ2v) is 6.71. The summed E-state index contributed by atoms with van der Waals surface area (Å²) in [7, 11) is 0. The minimum Gasteiger partial charge on any atom is -0.323 e. The highest BCUT2D eigenvalue weighted by atomic mass is 35.5. The van der Waals surface area contributed by atoms with Gasteiger partial charge in [-0.3, -0.25) is 0 Å². The van der Waals surface area contributed by atoms with Crippen LogP contribution >= 0.6 is 34.5 Å². The van der Waals surface area contributed by atoms with E-state index in [2.05, 4.69) is 20.3 Å². The first-order valence-corrected chi connectivity index (χ1v) is 8.09. The van der Waals surface area contributed by atoms with Crippen LogP contribution in [0.15, 0.2) is 30.5 Å². The highest BCUT2D eigenvalue weighted by molar-refractivity contribution is 7.15. The molecule has 4 nitrogen and oxygen atoms in total. The van der Waals surface area contributed by atoms with Crippen molar-refractivity contribution >= 4 is 46.2 Å². The van der Waals surface area contributed by atoms with Crippen LogP contribution in [0, 0.1) is 13.8 Å². The predicted molar refractivity (Wildman–Crippen MR) is 92.4 cm³/mol. The number of nitrogens with zero attached hydrogens (tertiary/aromatic N) is 3. The fourth-order valence-corrected chi connectivity index (χ4v) is 3.37. The maximum Gasteiger partial charge on any atom is 0.227 e. The lowest BCUT2D eigenvalue weighted by atomic mass is 10.3. The maximum absolute atomic E-state index is 6.15. The molecule has 0 saturated carbocycles. The number of aryl methyl sites for hydroxylation is 2. The maximum atomic E-state index is 6.15. The number of hydrogen-bond acceptors (Lipinski definition) is 5. The van der Waals surface area contributed by atoms with E-state index in [1.165, 1.54) is 0 Å². The zero-order chi connectivity index (χ0) is 15.7. The number of hydrogen-bond donors (Lipinski definition) is 1. The van der Waals surface area contributed by atoms with Crippen molar-refractivity contribution in [3.8, 4) is 10.6 Å². The zero-order valence-corrected chi connectivity index (χ0v) is 14.2. The van der Waals surface area contributed by atoms with Gasteiger partial charge in [0.1, 0.15) is 0 Å². The molecule has 0 bridgehead atoms. The van der Waals surface area contributed by atoms with E-state index in [1.54, 1.807) is 35.7 Å². The van der Waals surface area contributed by atoms with E-state index in [4.69, 9.17) is 23.2 Å². The SMILES string of the molecule is Cc1nc(C)c(-c2ccnc(Nc3ccc(Cl)cc3Cl)n2)s1. The minimum absolute atomic E-state index is 0.479. The third-order valence-electron chi connectivity index (χ3n) is 2.97. The fraction of sp³-hybridized carbons (Fsp3) is 0.133. The highest BCUT2D eigenvalue weighted by Crippen LogP contribution is 2.30. The molecule has 3 aromatic rings. The van der Waals surface area contributed by atoms with Gasteiger partial charge in [-0.1, -0.05) is 23.2 Å². The summed E-state index contributed by atoms with van der Waals surface area (Å²) in [4.78, 5) is 14.2. The van der Waals surface area contributed by atoms with Crippen LogP contribution in [0.3, 0.4) is 0 Å². The van der Waals surface area contributed by atoms with Crippen molar-refractivity contribution < 1.29 is 0 Å². The number of thiazole rings is 1. The Morgan fingerprint density at radius 3 is 2.59 bits per heavy atom. The summed E-state index contributed by atoms with van der Waals surface area (Å²) < 4.78 is 0. The molecule has 0 fully saturated rings. The minimum atomic E-state index is 0.479. The largest absolute Gasteiger partial charge is 0.323 e. The first-order chi connectivity index (χ1) is 10.5. The van der Waals surface area contributed by atoms with E-state index >= 15 is 0 Å². The molecule has 0 aliphatic rings. The molecule has 0 aliphatic heterocycles. The molecular weight excluding hydrogens is 339 g/mol.